The van der Waals surface area contributed by atoms with Gasteiger partial charge in [-0.15, -0.1) is 0 Å². The Bertz CT molecular complexity index is 214. The van der Waals surface area contributed by atoms with Crippen LogP contribution in [0.25, 0.3) is 0 Å². The number of carboxylic acids is 1. The van der Waals surface area contributed by atoms with Gasteiger partial charge in [-0.25, -0.2) is 4.79 Å². The summed E-state index contributed by atoms with van der Waals surface area (Å²) in [5.74, 6) is -2.58. The van der Waals surface area contributed by atoms with Crippen molar-refractivity contribution in [2.24, 2.45) is 0 Å². The summed E-state index contributed by atoms with van der Waals surface area (Å²) in [5, 5.41) is 34.8. The molecule has 3 atom stereocenters. The van der Waals surface area contributed by atoms with Crippen LogP contribution >= 0.6 is 0 Å². The molecule has 0 fully saturated rings. The molecule has 0 bridgehead atoms. The molecular formula is C7H12O7. The Balaban J connectivity index is 4.52. The van der Waals surface area contributed by atoms with Crippen molar-refractivity contribution < 1.29 is 34.8 Å². The van der Waals surface area contributed by atoms with Gasteiger partial charge in [-0.05, 0) is 0 Å². The molecule has 0 spiro atoms. The van der Waals surface area contributed by atoms with Crippen LogP contribution in [0.5, 0.6) is 0 Å². The molecule has 0 amide bonds. The van der Waals surface area contributed by atoms with Gasteiger partial charge < -0.3 is 25.2 Å². The van der Waals surface area contributed by atoms with Gasteiger partial charge in [0.2, 0.25) is 0 Å². The molecule has 0 aromatic rings. The molecule has 0 heterocycles. The topological polar surface area (TPSA) is 124 Å². The van der Waals surface area contributed by atoms with Crippen molar-refractivity contribution in [3.63, 3.8) is 0 Å². The summed E-state index contributed by atoms with van der Waals surface area (Å²) in [6, 6.07) is 0. The fourth-order valence-electron chi connectivity index (χ4n) is 0.863. The normalized spacial score (nSPS) is 17.1. The zero-order valence-corrected chi connectivity index (χ0v) is 7.45. The summed E-state index contributed by atoms with van der Waals surface area (Å²) >= 11 is 0. The van der Waals surface area contributed by atoms with E-state index in [4.69, 9.17) is 20.4 Å². The highest BCUT2D eigenvalue weighted by Gasteiger charge is 2.35. The number of aliphatic hydroxyl groups is 3. The summed E-state index contributed by atoms with van der Waals surface area (Å²) < 4.78 is 4.45. The first kappa shape index (κ1) is 13.0. The van der Waals surface area contributed by atoms with E-state index in [1.165, 1.54) is 0 Å². The van der Waals surface area contributed by atoms with Gasteiger partial charge >= 0.3 is 5.97 Å². The molecule has 14 heavy (non-hydrogen) atoms. The van der Waals surface area contributed by atoms with E-state index < -0.39 is 36.7 Å². The van der Waals surface area contributed by atoms with Gasteiger partial charge in [0.1, 0.15) is 18.8 Å². The van der Waals surface area contributed by atoms with Crippen molar-refractivity contribution in [1.82, 2.24) is 0 Å². The van der Waals surface area contributed by atoms with Crippen LogP contribution < -0.4 is 0 Å². The van der Waals surface area contributed by atoms with E-state index in [0.717, 1.165) is 7.11 Å². The van der Waals surface area contributed by atoms with Gasteiger partial charge in [0.15, 0.2) is 11.9 Å². The number of carbonyl (C=O) groups excluding carboxylic acids is 1. The number of carboxylic acid groups (broad SMARTS) is 1. The number of aliphatic carboxylic acids is 1. The number of Topliss-reactive ketones (excluding diaryl/α,β-unsaturated/α-hetero) is 1. The molecule has 0 aromatic heterocycles. The van der Waals surface area contributed by atoms with Crippen LogP contribution in [-0.4, -0.2) is 64.2 Å². The molecule has 0 aromatic carbocycles. The SMILES string of the molecule is CO[C@H](C(=O)CO)[C@H](O)[C@H](O)C(=O)O. The number of methoxy groups -OCH3 is 1. The summed E-state index contributed by atoms with van der Waals surface area (Å²) in [5.41, 5.74) is 0. The molecule has 0 rings (SSSR count). The van der Waals surface area contributed by atoms with Crippen LogP contribution in [0.1, 0.15) is 0 Å². The number of ketones is 1. The Hall–Kier alpha value is -1.02. The lowest BCUT2D eigenvalue weighted by Gasteiger charge is -2.21. The lowest BCUT2D eigenvalue weighted by molar-refractivity contribution is -0.163. The largest absolute Gasteiger partial charge is 0.479 e. The summed E-state index contributed by atoms with van der Waals surface area (Å²) in [6.07, 6.45) is -5.58. The molecule has 0 aliphatic heterocycles. The average Bonchev–Trinajstić information content (AvgIpc) is 2.16. The second kappa shape index (κ2) is 5.66. The van der Waals surface area contributed by atoms with E-state index in [-0.39, 0.29) is 0 Å². The van der Waals surface area contributed by atoms with Gasteiger partial charge in [-0.3, -0.25) is 4.79 Å². The highest BCUT2D eigenvalue weighted by molar-refractivity contribution is 5.86. The Morgan fingerprint density at radius 2 is 1.86 bits per heavy atom. The summed E-state index contributed by atoms with van der Waals surface area (Å²) in [7, 11) is 1.05. The van der Waals surface area contributed by atoms with Gasteiger partial charge in [-0.2, -0.15) is 0 Å². The van der Waals surface area contributed by atoms with E-state index >= 15 is 0 Å². The van der Waals surface area contributed by atoms with E-state index in [1.54, 1.807) is 0 Å². The zero-order valence-electron chi connectivity index (χ0n) is 7.45. The van der Waals surface area contributed by atoms with E-state index in [1.807, 2.05) is 0 Å². The Morgan fingerprint density at radius 1 is 1.36 bits per heavy atom. The van der Waals surface area contributed by atoms with Crippen molar-refractivity contribution in [2.75, 3.05) is 13.7 Å². The van der Waals surface area contributed by atoms with Crippen LogP contribution in [-0.2, 0) is 14.3 Å². The monoisotopic (exact) mass is 208 g/mol. The maximum atomic E-state index is 10.9. The van der Waals surface area contributed by atoms with Crippen LogP contribution in [0, 0.1) is 0 Å². The fourth-order valence-corrected chi connectivity index (χ4v) is 0.863. The van der Waals surface area contributed by atoms with Crippen LogP contribution in [0.3, 0.4) is 0 Å². The maximum Gasteiger partial charge on any atom is 0.335 e. The van der Waals surface area contributed by atoms with Gasteiger partial charge in [-0.1, -0.05) is 0 Å². The summed E-state index contributed by atoms with van der Waals surface area (Å²) in [4.78, 5) is 21.1. The fraction of sp³-hybridized carbons (Fsp3) is 0.714. The Kier molecular flexibility index (Phi) is 5.24. The van der Waals surface area contributed by atoms with E-state index in [2.05, 4.69) is 4.74 Å². The smallest absolute Gasteiger partial charge is 0.335 e. The molecule has 4 N–H and O–H groups in total. The van der Waals surface area contributed by atoms with Crippen molar-refractivity contribution in [1.29, 1.82) is 0 Å². The number of ether oxygens (including phenoxy) is 1. The molecule has 0 unspecified atom stereocenters. The summed E-state index contributed by atoms with van der Waals surface area (Å²) in [6.45, 7) is -0.901. The molecule has 0 aliphatic rings. The minimum absolute atomic E-state index is 0.901. The Labute approximate surface area is 79.5 Å². The minimum atomic E-state index is -2.13. The molecule has 0 saturated heterocycles. The van der Waals surface area contributed by atoms with E-state index in [0.29, 0.717) is 0 Å². The van der Waals surface area contributed by atoms with Crippen LogP contribution in [0.2, 0.25) is 0 Å². The van der Waals surface area contributed by atoms with Gasteiger partial charge in [0.25, 0.3) is 0 Å². The highest BCUT2D eigenvalue weighted by Crippen LogP contribution is 2.05. The molecule has 0 saturated carbocycles. The maximum absolute atomic E-state index is 10.9. The second-order valence-corrected chi connectivity index (χ2v) is 2.55. The van der Waals surface area contributed by atoms with Crippen molar-refractivity contribution >= 4 is 11.8 Å². The molecule has 7 nitrogen and oxygen atoms in total. The minimum Gasteiger partial charge on any atom is -0.479 e. The quantitative estimate of drug-likeness (QED) is 0.376. The number of hydrogen-bond donors (Lipinski definition) is 4. The Morgan fingerprint density at radius 3 is 2.14 bits per heavy atom. The molecular weight excluding hydrogens is 196 g/mol. The molecule has 7 heteroatoms. The highest BCUT2D eigenvalue weighted by atomic mass is 16.5. The van der Waals surface area contributed by atoms with Gasteiger partial charge in [0, 0.05) is 7.11 Å². The third-order valence-corrected chi connectivity index (χ3v) is 1.61. The first-order chi connectivity index (χ1) is 6.45. The third kappa shape index (κ3) is 3.04. The van der Waals surface area contributed by atoms with Crippen LogP contribution in [0.15, 0.2) is 0 Å². The number of aliphatic hydroxyl groups excluding tert-OH is 3. The second-order valence-electron chi connectivity index (χ2n) is 2.55. The third-order valence-electron chi connectivity index (χ3n) is 1.61. The number of carbonyl (C=O) groups is 2. The van der Waals surface area contributed by atoms with Crippen molar-refractivity contribution in [3.8, 4) is 0 Å². The number of rotatable bonds is 6. The molecule has 82 valence electrons. The molecule has 0 radical (unpaired) electrons. The van der Waals surface area contributed by atoms with Crippen LogP contribution in [0.4, 0.5) is 0 Å². The predicted molar refractivity (Wildman–Crippen MR) is 42.5 cm³/mol. The average molecular weight is 208 g/mol. The predicted octanol–water partition coefficient (Wildman–Crippen LogP) is -2.63. The lowest BCUT2D eigenvalue weighted by Crippen LogP contribution is -2.47. The zero-order chi connectivity index (χ0) is 11.3. The van der Waals surface area contributed by atoms with Crippen molar-refractivity contribution in [2.45, 2.75) is 18.3 Å². The lowest BCUT2D eigenvalue weighted by atomic mass is 10.0. The molecule has 0 aliphatic carbocycles. The van der Waals surface area contributed by atoms with E-state index in [9.17, 15) is 9.59 Å². The first-order valence-corrected chi connectivity index (χ1v) is 3.71. The standard InChI is InChI=1S/C7H12O7/c1-14-6(3(9)2-8)4(10)5(11)7(12)13/h4-6,8,10-11H,2H2,1H3,(H,12,13)/t4-,5+,6-/m1/s1. The number of hydrogen-bond acceptors (Lipinski definition) is 6. The van der Waals surface area contributed by atoms with Crippen molar-refractivity contribution in [3.05, 3.63) is 0 Å². The van der Waals surface area contributed by atoms with Gasteiger partial charge in [0.05, 0.1) is 0 Å². The first-order valence-electron chi connectivity index (χ1n) is 3.71.